The first kappa shape index (κ1) is 15.4. The van der Waals surface area contributed by atoms with Gasteiger partial charge in [0.25, 0.3) is 0 Å². The Morgan fingerprint density at radius 1 is 1.55 bits per heavy atom. The Balaban J connectivity index is 0. The maximum absolute atomic E-state index is 8.99. The van der Waals surface area contributed by atoms with E-state index in [1.165, 1.54) is 6.61 Å². The van der Waals surface area contributed by atoms with Crippen molar-refractivity contribution in [1.82, 2.24) is 0 Å². The molecule has 1 saturated heterocycles. The molecule has 1 aliphatic heterocycles. The molecule has 0 unspecified atom stereocenters. The predicted octanol–water partition coefficient (Wildman–Crippen LogP) is -1.65. The second kappa shape index (κ2) is 7.30. The Morgan fingerprint density at radius 3 is 2.45 bits per heavy atom. The van der Waals surface area contributed by atoms with Crippen molar-refractivity contribution in [2.45, 2.75) is 31.6 Å². The van der Waals surface area contributed by atoms with Gasteiger partial charge >= 0.3 is 59.1 Å². The molecule has 57 valence electrons. The van der Waals surface area contributed by atoms with Crippen molar-refractivity contribution in [2.24, 2.45) is 5.73 Å². The van der Waals surface area contributed by atoms with Gasteiger partial charge in [-0.2, -0.15) is 0 Å². The molecule has 3 N–H and O–H groups in total. The van der Waals surface area contributed by atoms with E-state index in [1.54, 1.807) is 0 Å². The number of rotatable bonds is 0. The zero-order chi connectivity index (χ0) is 6.85. The van der Waals surface area contributed by atoms with Crippen LogP contribution in [0, 0.1) is 6.61 Å². The van der Waals surface area contributed by atoms with Gasteiger partial charge in [0.15, 0.2) is 0 Å². The van der Waals surface area contributed by atoms with Gasteiger partial charge in [-0.05, 0) is 13.3 Å². The predicted molar refractivity (Wildman–Crippen MR) is 47.7 cm³/mol. The zero-order valence-electron chi connectivity index (χ0n) is 5.45. The van der Waals surface area contributed by atoms with E-state index in [4.69, 9.17) is 15.6 Å². The molecule has 11 heavy (non-hydrogen) atoms. The first-order valence-corrected chi connectivity index (χ1v) is 3.12. The van der Waals surface area contributed by atoms with Crippen LogP contribution >= 0.6 is 0 Å². The van der Waals surface area contributed by atoms with Crippen molar-refractivity contribution in [3.05, 3.63) is 6.61 Å². The van der Waals surface area contributed by atoms with Crippen molar-refractivity contribution in [3.63, 3.8) is 0 Å². The van der Waals surface area contributed by atoms with Crippen LogP contribution in [-0.4, -0.2) is 82.5 Å². The Morgan fingerprint density at radius 2 is 2.09 bits per heavy atom. The van der Waals surface area contributed by atoms with Gasteiger partial charge in [-0.25, -0.2) is 0 Å². The van der Waals surface area contributed by atoms with Gasteiger partial charge in [-0.1, -0.05) is 0 Å². The second-order valence-corrected chi connectivity index (χ2v) is 2.47. The molecule has 0 spiro atoms. The molecular formula is C6H14NNa2O2. The van der Waals surface area contributed by atoms with Crippen LogP contribution in [0.3, 0.4) is 0 Å². The van der Waals surface area contributed by atoms with Crippen molar-refractivity contribution in [1.29, 1.82) is 0 Å². The minimum atomic E-state index is -0.582. The van der Waals surface area contributed by atoms with Gasteiger partial charge in [0.1, 0.15) is 6.61 Å². The minimum absolute atomic E-state index is 0. The molecule has 0 aromatic heterocycles. The second-order valence-electron chi connectivity index (χ2n) is 2.47. The molecule has 1 fully saturated rings. The van der Waals surface area contributed by atoms with E-state index in [0.717, 1.165) is 6.42 Å². The van der Waals surface area contributed by atoms with Crippen molar-refractivity contribution in [2.75, 3.05) is 0 Å². The van der Waals surface area contributed by atoms with Crippen LogP contribution in [0.1, 0.15) is 13.3 Å². The summed E-state index contributed by atoms with van der Waals surface area (Å²) in [5, 5.41) is 8.99. The summed E-state index contributed by atoms with van der Waals surface area (Å²) in [6.45, 7) is 3.33. The summed E-state index contributed by atoms with van der Waals surface area (Å²) < 4.78 is 5.01. The maximum atomic E-state index is 8.99. The van der Waals surface area contributed by atoms with Crippen molar-refractivity contribution < 1.29 is 9.84 Å². The SMILES string of the molecule is C[C@@H]1C[C@@H](N)[C@@H](O)[CH]O1.[NaH].[NaH]. The molecule has 0 amide bonds. The van der Waals surface area contributed by atoms with Crippen molar-refractivity contribution in [3.8, 4) is 0 Å². The van der Waals surface area contributed by atoms with Gasteiger partial charge in [-0.15, -0.1) is 0 Å². The van der Waals surface area contributed by atoms with E-state index in [9.17, 15) is 0 Å². The third kappa shape index (κ3) is 5.24. The van der Waals surface area contributed by atoms with Crippen LogP contribution in [-0.2, 0) is 4.74 Å². The summed E-state index contributed by atoms with van der Waals surface area (Å²) in [7, 11) is 0. The molecule has 1 radical (unpaired) electrons. The van der Waals surface area contributed by atoms with Gasteiger partial charge < -0.3 is 15.6 Å². The molecule has 1 aliphatic rings. The summed E-state index contributed by atoms with van der Waals surface area (Å²) in [4.78, 5) is 0. The number of hydrogen-bond donors (Lipinski definition) is 2. The van der Waals surface area contributed by atoms with Crippen LogP contribution in [0.15, 0.2) is 0 Å². The van der Waals surface area contributed by atoms with Gasteiger partial charge in [-0.3, -0.25) is 0 Å². The van der Waals surface area contributed by atoms with E-state index >= 15 is 0 Å². The molecule has 3 nitrogen and oxygen atoms in total. The monoisotopic (exact) mass is 178 g/mol. The van der Waals surface area contributed by atoms with Crippen LogP contribution in [0.5, 0.6) is 0 Å². The van der Waals surface area contributed by atoms with Crippen molar-refractivity contribution >= 4 is 59.1 Å². The Kier molecular flexibility index (Phi) is 10.2. The molecule has 0 aromatic carbocycles. The fourth-order valence-electron chi connectivity index (χ4n) is 0.894. The quantitative estimate of drug-likeness (QED) is 0.437. The number of nitrogens with two attached hydrogens (primary N) is 1. The number of aliphatic hydroxyl groups excluding tert-OH is 1. The number of hydrogen-bond acceptors (Lipinski definition) is 3. The molecular weight excluding hydrogens is 164 g/mol. The fourth-order valence-corrected chi connectivity index (χ4v) is 0.894. The van der Waals surface area contributed by atoms with Crippen LogP contribution in [0.2, 0.25) is 0 Å². The average molecular weight is 178 g/mol. The third-order valence-electron chi connectivity index (χ3n) is 1.49. The molecule has 0 bridgehead atoms. The summed E-state index contributed by atoms with van der Waals surface area (Å²) in [5.41, 5.74) is 5.51. The van der Waals surface area contributed by atoms with Gasteiger partial charge in [0, 0.05) is 6.04 Å². The van der Waals surface area contributed by atoms with Gasteiger partial charge in [0.2, 0.25) is 0 Å². The van der Waals surface area contributed by atoms with Crippen LogP contribution in [0.25, 0.3) is 0 Å². The summed E-state index contributed by atoms with van der Waals surface area (Å²) in [5.74, 6) is 0. The topological polar surface area (TPSA) is 55.5 Å². The molecule has 3 atom stereocenters. The number of ether oxygens (including phenoxy) is 1. The van der Waals surface area contributed by atoms with Crippen LogP contribution in [0.4, 0.5) is 0 Å². The van der Waals surface area contributed by atoms with E-state index < -0.39 is 6.10 Å². The first-order valence-electron chi connectivity index (χ1n) is 3.12. The van der Waals surface area contributed by atoms with Crippen LogP contribution < -0.4 is 5.73 Å². The zero-order valence-corrected chi connectivity index (χ0v) is 5.45. The number of aliphatic hydroxyl groups is 1. The third-order valence-corrected chi connectivity index (χ3v) is 1.49. The van der Waals surface area contributed by atoms with E-state index in [1.807, 2.05) is 6.92 Å². The normalized spacial score (nSPS) is 36.8. The Bertz CT molecular complexity index is 105. The Hall–Kier alpha value is 1.88. The Labute approximate surface area is 112 Å². The summed E-state index contributed by atoms with van der Waals surface area (Å²) in [6, 6.07) is -0.145. The molecule has 0 aromatic rings. The molecule has 5 heteroatoms. The van der Waals surface area contributed by atoms with E-state index in [2.05, 4.69) is 0 Å². The summed E-state index contributed by atoms with van der Waals surface area (Å²) >= 11 is 0. The standard InChI is InChI=1S/C6H12NO2.2Na.2H/c1-4-2-5(7)6(8)3-9-4;;;;/h3-6,8H,2,7H2,1H3;;;;/t4-,5-,6+;;;;/m1..../s1. The van der Waals surface area contributed by atoms with E-state index in [0.29, 0.717) is 0 Å². The molecule has 0 aliphatic carbocycles. The van der Waals surface area contributed by atoms with Gasteiger partial charge in [0.05, 0.1) is 12.2 Å². The molecule has 0 saturated carbocycles. The molecule has 1 rings (SSSR count). The fraction of sp³-hybridized carbons (Fsp3) is 0.833. The average Bonchev–Trinajstić information content (AvgIpc) is 1.80. The first-order chi connectivity index (χ1) is 4.20. The van der Waals surface area contributed by atoms with E-state index in [-0.39, 0.29) is 71.3 Å². The molecule has 1 heterocycles. The summed E-state index contributed by atoms with van der Waals surface area (Å²) in [6.07, 6.45) is 0.307.